The van der Waals surface area contributed by atoms with Crippen LogP contribution < -0.4 is 0 Å². The molecule has 1 rings (SSSR count). The maximum Gasteiger partial charge on any atom is 0.00901 e. The minimum Gasteiger partial charge on any atom is -0.300 e. The first-order valence-electron chi connectivity index (χ1n) is 5.02. The summed E-state index contributed by atoms with van der Waals surface area (Å²) in [6.07, 6.45) is 4.06. The minimum atomic E-state index is 0.861. The molecule has 0 aromatic carbocycles. The average molecular weight is 155 g/mol. The molecule has 1 aliphatic heterocycles. The quantitative estimate of drug-likeness (QED) is 0.605. The molecule has 0 radical (unpaired) electrons. The second-order valence-corrected chi connectivity index (χ2v) is 3.86. The Bertz CT molecular complexity index is 107. The third kappa shape index (κ3) is 2.19. The summed E-state index contributed by atoms with van der Waals surface area (Å²) in [5.41, 5.74) is 0. The summed E-state index contributed by atoms with van der Waals surface area (Å²) in [5.74, 6) is 0.940. The van der Waals surface area contributed by atoms with Crippen LogP contribution in [0.4, 0.5) is 0 Å². The number of likely N-dealkylation sites (tertiary alicyclic amines) is 1. The number of hydrogen-bond acceptors (Lipinski definition) is 1. The molecule has 0 aromatic rings. The third-order valence-electron chi connectivity index (χ3n) is 2.91. The molecule has 1 heteroatoms. The number of rotatable bonds is 3. The third-order valence-corrected chi connectivity index (χ3v) is 2.91. The molecule has 11 heavy (non-hydrogen) atoms. The number of nitrogens with zero attached hydrogens (tertiary/aromatic N) is 1. The molecule has 1 unspecified atom stereocenters. The van der Waals surface area contributed by atoms with E-state index < -0.39 is 0 Å². The zero-order valence-electron chi connectivity index (χ0n) is 8.14. The molecule has 1 saturated heterocycles. The Morgan fingerprint density at radius 2 is 2.00 bits per heavy atom. The van der Waals surface area contributed by atoms with Crippen molar-refractivity contribution in [2.75, 3.05) is 13.1 Å². The molecule has 0 saturated carbocycles. The highest BCUT2D eigenvalue weighted by molar-refractivity contribution is 4.77. The van der Waals surface area contributed by atoms with Crippen molar-refractivity contribution < 1.29 is 0 Å². The summed E-state index contributed by atoms with van der Waals surface area (Å²) < 4.78 is 0. The number of hydrogen-bond donors (Lipinski definition) is 0. The second kappa shape index (κ2) is 4.10. The molecule has 0 aromatic heterocycles. The van der Waals surface area contributed by atoms with Gasteiger partial charge in [0.2, 0.25) is 0 Å². The SMILES string of the molecule is CCC(CC)N1CCC(C)C1. The molecular formula is C10H21N. The molecule has 0 N–H and O–H groups in total. The van der Waals surface area contributed by atoms with Crippen LogP contribution >= 0.6 is 0 Å². The fraction of sp³-hybridized carbons (Fsp3) is 1.00. The van der Waals surface area contributed by atoms with Crippen molar-refractivity contribution in [2.24, 2.45) is 5.92 Å². The van der Waals surface area contributed by atoms with Crippen molar-refractivity contribution in [3.05, 3.63) is 0 Å². The molecule has 0 amide bonds. The fourth-order valence-corrected chi connectivity index (χ4v) is 2.11. The van der Waals surface area contributed by atoms with Crippen LogP contribution in [0.1, 0.15) is 40.0 Å². The van der Waals surface area contributed by atoms with E-state index in [2.05, 4.69) is 25.7 Å². The van der Waals surface area contributed by atoms with Crippen LogP contribution in [0.5, 0.6) is 0 Å². The van der Waals surface area contributed by atoms with Gasteiger partial charge in [-0.05, 0) is 31.7 Å². The lowest BCUT2D eigenvalue weighted by atomic mass is 10.1. The van der Waals surface area contributed by atoms with E-state index in [1.165, 1.54) is 32.4 Å². The lowest BCUT2D eigenvalue weighted by molar-refractivity contribution is 0.223. The largest absolute Gasteiger partial charge is 0.300 e. The molecule has 0 bridgehead atoms. The lowest BCUT2D eigenvalue weighted by Gasteiger charge is -2.25. The van der Waals surface area contributed by atoms with Crippen LogP contribution in [0.2, 0.25) is 0 Å². The predicted molar refractivity (Wildman–Crippen MR) is 49.7 cm³/mol. The van der Waals surface area contributed by atoms with Crippen LogP contribution in [0.15, 0.2) is 0 Å². The van der Waals surface area contributed by atoms with E-state index in [-0.39, 0.29) is 0 Å². The first kappa shape index (κ1) is 9.05. The van der Waals surface area contributed by atoms with Gasteiger partial charge in [0.05, 0.1) is 0 Å². The zero-order chi connectivity index (χ0) is 8.27. The fourth-order valence-electron chi connectivity index (χ4n) is 2.11. The monoisotopic (exact) mass is 155 g/mol. The van der Waals surface area contributed by atoms with Crippen molar-refractivity contribution in [2.45, 2.75) is 46.1 Å². The Labute approximate surface area is 70.8 Å². The summed E-state index contributed by atoms with van der Waals surface area (Å²) in [4.78, 5) is 2.66. The van der Waals surface area contributed by atoms with Crippen molar-refractivity contribution >= 4 is 0 Å². The van der Waals surface area contributed by atoms with Gasteiger partial charge in [0.25, 0.3) is 0 Å². The van der Waals surface area contributed by atoms with Gasteiger partial charge >= 0.3 is 0 Å². The average Bonchev–Trinajstić information content (AvgIpc) is 2.39. The predicted octanol–water partition coefficient (Wildman–Crippen LogP) is 2.52. The molecule has 0 spiro atoms. The Balaban J connectivity index is 2.34. The molecule has 1 aliphatic rings. The molecular weight excluding hydrogens is 134 g/mol. The molecule has 1 fully saturated rings. The van der Waals surface area contributed by atoms with Crippen molar-refractivity contribution in [3.8, 4) is 0 Å². The van der Waals surface area contributed by atoms with Crippen LogP contribution in [-0.2, 0) is 0 Å². The van der Waals surface area contributed by atoms with Gasteiger partial charge in [0.1, 0.15) is 0 Å². The van der Waals surface area contributed by atoms with Crippen LogP contribution in [-0.4, -0.2) is 24.0 Å². The van der Waals surface area contributed by atoms with Crippen molar-refractivity contribution in [1.82, 2.24) is 4.90 Å². The van der Waals surface area contributed by atoms with Gasteiger partial charge in [-0.15, -0.1) is 0 Å². The van der Waals surface area contributed by atoms with Gasteiger partial charge in [-0.3, -0.25) is 0 Å². The highest BCUT2D eigenvalue weighted by Crippen LogP contribution is 2.20. The maximum atomic E-state index is 2.66. The van der Waals surface area contributed by atoms with Crippen molar-refractivity contribution in [3.63, 3.8) is 0 Å². The van der Waals surface area contributed by atoms with Gasteiger partial charge in [-0.2, -0.15) is 0 Å². The lowest BCUT2D eigenvalue weighted by Crippen LogP contribution is -2.32. The summed E-state index contributed by atoms with van der Waals surface area (Å²) in [7, 11) is 0. The summed E-state index contributed by atoms with van der Waals surface area (Å²) in [5, 5.41) is 0. The van der Waals surface area contributed by atoms with E-state index in [0.29, 0.717) is 0 Å². The molecule has 1 nitrogen and oxygen atoms in total. The van der Waals surface area contributed by atoms with E-state index >= 15 is 0 Å². The molecule has 1 atom stereocenters. The minimum absolute atomic E-state index is 0.861. The van der Waals surface area contributed by atoms with E-state index in [1.54, 1.807) is 0 Å². The topological polar surface area (TPSA) is 3.24 Å². The van der Waals surface area contributed by atoms with Gasteiger partial charge < -0.3 is 4.90 Å². The highest BCUT2D eigenvalue weighted by Gasteiger charge is 2.23. The first-order valence-corrected chi connectivity index (χ1v) is 5.02. The van der Waals surface area contributed by atoms with Crippen LogP contribution in [0, 0.1) is 5.92 Å². The first-order chi connectivity index (χ1) is 5.27. The Kier molecular flexibility index (Phi) is 3.38. The van der Waals surface area contributed by atoms with Gasteiger partial charge in [-0.1, -0.05) is 20.8 Å². The van der Waals surface area contributed by atoms with E-state index in [9.17, 15) is 0 Å². The molecule has 66 valence electrons. The normalized spacial score (nSPS) is 26.7. The Morgan fingerprint density at radius 1 is 1.36 bits per heavy atom. The highest BCUT2D eigenvalue weighted by atomic mass is 15.2. The smallest absolute Gasteiger partial charge is 0.00901 e. The van der Waals surface area contributed by atoms with Gasteiger partial charge in [0.15, 0.2) is 0 Å². The Morgan fingerprint density at radius 3 is 2.36 bits per heavy atom. The maximum absolute atomic E-state index is 2.66. The zero-order valence-corrected chi connectivity index (χ0v) is 8.14. The van der Waals surface area contributed by atoms with E-state index in [4.69, 9.17) is 0 Å². The second-order valence-electron chi connectivity index (χ2n) is 3.86. The molecule has 0 aliphatic carbocycles. The van der Waals surface area contributed by atoms with E-state index in [0.717, 1.165) is 12.0 Å². The van der Waals surface area contributed by atoms with Gasteiger partial charge in [-0.25, -0.2) is 0 Å². The summed E-state index contributed by atoms with van der Waals surface area (Å²) in [6, 6.07) is 0.861. The summed E-state index contributed by atoms with van der Waals surface area (Å²) in [6.45, 7) is 9.65. The van der Waals surface area contributed by atoms with Gasteiger partial charge in [0, 0.05) is 12.6 Å². The van der Waals surface area contributed by atoms with E-state index in [1.807, 2.05) is 0 Å². The molecule has 1 heterocycles. The van der Waals surface area contributed by atoms with Crippen LogP contribution in [0.25, 0.3) is 0 Å². The standard InChI is InChI=1S/C10H21N/c1-4-10(5-2)11-7-6-9(3)8-11/h9-10H,4-8H2,1-3H3. The van der Waals surface area contributed by atoms with Crippen molar-refractivity contribution in [1.29, 1.82) is 0 Å². The Hall–Kier alpha value is -0.0400. The summed E-state index contributed by atoms with van der Waals surface area (Å²) >= 11 is 0. The van der Waals surface area contributed by atoms with Crippen LogP contribution in [0.3, 0.4) is 0 Å².